The fraction of sp³-hybridized carbons (Fsp3) is 0.100. The SMILES string of the molecule is COc1ccc(/C=c2\[nH]c(=O)/c(=C/c3ccccc3)nc2OC)cc1. The molecule has 126 valence electrons. The molecule has 0 aliphatic carbocycles. The lowest BCUT2D eigenvalue weighted by Gasteiger charge is -2.02. The molecule has 0 aliphatic rings. The number of rotatable bonds is 4. The number of nitrogens with one attached hydrogen (secondary N) is 1. The van der Waals surface area contributed by atoms with Gasteiger partial charge in [0.1, 0.15) is 16.4 Å². The van der Waals surface area contributed by atoms with Crippen LogP contribution in [-0.4, -0.2) is 24.2 Å². The van der Waals surface area contributed by atoms with Gasteiger partial charge >= 0.3 is 0 Å². The smallest absolute Gasteiger partial charge is 0.274 e. The van der Waals surface area contributed by atoms with Gasteiger partial charge in [0.15, 0.2) is 0 Å². The Labute approximate surface area is 144 Å². The van der Waals surface area contributed by atoms with Crippen LogP contribution in [0.25, 0.3) is 12.2 Å². The molecule has 1 heterocycles. The first-order valence-electron chi connectivity index (χ1n) is 7.76. The normalized spacial score (nSPS) is 12.2. The van der Waals surface area contributed by atoms with E-state index in [1.54, 1.807) is 19.3 Å². The summed E-state index contributed by atoms with van der Waals surface area (Å²) in [5, 5.41) is 0.817. The van der Waals surface area contributed by atoms with Crippen LogP contribution in [0.15, 0.2) is 59.4 Å². The largest absolute Gasteiger partial charge is 0.497 e. The monoisotopic (exact) mass is 334 g/mol. The van der Waals surface area contributed by atoms with Crippen LogP contribution in [-0.2, 0) is 0 Å². The summed E-state index contributed by atoms with van der Waals surface area (Å²) >= 11 is 0. The molecule has 0 fully saturated rings. The average Bonchev–Trinajstić information content (AvgIpc) is 2.65. The molecule has 2 aromatic carbocycles. The third-order valence-electron chi connectivity index (χ3n) is 3.66. The highest BCUT2D eigenvalue weighted by Gasteiger charge is 2.02. The van der Waals surface area contributed by atoms with Crippen molar-refractivity contribution < 1.29 is 9.47 Å². The zero-order chi connectivity index (χ0) is 17.6. The summed E-state index contributed by atoms with van der Waals surface area (Å²) in [6.07, 6.45) is 3.53. The van der Waals surface area contributed by atoms with Crippen LogP contribution in [0.1, 0.15) is 11.1 Å². The molecule has 0 atom stereocenters. The number of nitrogens with zero attached hydrogens (tertiary/aromatic N) is 1. The molecule has 5 heteroatoms. The highest BCUT2D eigenvalue weighted by Crippen LogP contribution is 2.11. The van der Waals surface area contributed by atoms with Gasteiger partial charge in [-0.25, -0.2) is 4.98 Å². The zero-order valence-electron chi connectivity index (χ0n) is 14.0. The second kappa shape index (κ2) is 7.49. The van der Waals surface area contributed by atoms with Crippen LogP contribution in [0.5, 0.6) is 11.6 Å². The van der Waals surface area contributed by atoms with E-state index in [0.717, 1.165) is 16.9 Å². The minimum Gasteiger partial charge on any atom is -0.497 e. The Bertz CT molecular complexity index is 1020. The van der Waals surface area contributed by atoms with Crippen molar-refractivity contribution >= 4 is 12.2 Å². The molecule has 25 heavy (non-hydrogen) atoms. The maximum atomic E-state index is 12.4. The van der Waals surface area contributed by atoms with Crippen LogP contribution in [0.3, 0.4) is 0 Å². The van der Waals surface area contributed by atoms with Crippen LogP contribution in [0.4, 0.5) is 0 Å². The van der Waals surface area contributed by atoms with Gasteiger partial charge in [-0.05, 0) is 35.4 Å². The van der Waals surface area contributed by atoms with Gasteiger partial charge in [0.05, 0.1) is 14.2 Å². The number of H-pyrrole nitrogens is 1. The number of aromatic amines is 1. The van der Waals surface area contributed by atoms with E-state index in [-0.39, 0.29) is 5.56 Å². The summed E-state index contributed by atoms with van der Waals surface area (Å²) in [6, 6.07) is 17.0. The molecular weight excluding hydrogens is 316 g/mol. The minimum absolute atomic E-state index is 0.274. The van der Waals surface area contributed by atoms with Crippen molar-refractivity contribution in [3.05, 3.63) is 86.8 Å². The summed E-state index contributed by atoms with van der Waals surface area (Å²) in [6.45, 7) is 0. The third-order valence-corrected chi connectivity index (χ3v) is 3.66. The second-order valence-electron chi connectivity index (χ2n) is 5.35. The first-order chi connectivity index (χ1) is 12.2. The van der Waals surface area contributed by atoms with Gasteiger partial charge in [-0.1, -0.05) is 42.5 Å². The molecule has 0 radical (unpaired) electrons. The Balaban J connectivity index is 2.10. The molecule has 1 aromatic heterocycles. The van der Waals surface area contributed by atoms with E-state index in [1.807, 2.05) is 54.6 Å². The predicted molar refractivity (Wildman–Crippen MR) is 97.2 cm³/mol. The Kier molecular flexibility index (Phi) is 4.95. The highest BCUT2D eigenvalue weighted by molar-refractivity contribution is 5.52. The number of methoxy groups -OCH3 is 2. The van der Waals surface area contributed by atoms with Crippen molar-refractivity contribution in [3.63, 3.8) is 0 Å². The average molecular weight is 334 g/mol. The number of ether oxygens (including phenoxy) is 2. The van der Waals surface area contributed by atoms with Crippen LogP contribution >= 0.6 is 0 Å². The van der Waals surface area contributed by atoms with Gasteiger partial charge < -0.3 is 14.5 Å². The second-order valence-corrected chi connectivity index (χ2v) is 5.35. The first kappa shape index (κ1) is 16.5. The molecule has 1 N–H and O–H groups in total. The van der Waals surface area contributed by atoms with E-state index >= 15 is 0 Å². The molecule has 3 aromatic rings. The molecule has 0 bridgehead atoms. The van der Waals surface area contributed by atoms with Crippen molar-refractivity contribution in [2.45, 2.75) is 0 Å². The number of aromatic nitrogens is 2. The van der Waals surface area contributed by atoms with Gasteiger partial charge in [-0.3, -0.25) is 4.79 Å². The maximum absolute atomic E-state index is 12.4. The number of benzene rings is 2. The van der Waals surface area contributed by atoms with Crippen molar-refractivity contribution in [1.82, 2.24) is 9.97 Å². The van der Waals surface area contributed by atoms with Gasteiger partial charge in [-0.15, -0.1) is 0 Å². The summed E-state index contributed by atoms with van der Waals surface area (Å²) in [4.78, 5) is 19.5. The lowest BCUT2D eigenvalue weighted by molar-refractivity contribution is 0.389. The summed E-state index contributed by atoms with van der Waals surface area (Å²) in [5.41, 5.74) is 1.52. The predicted octanol–water partition coefficient (Wildman–Crippen LogP) is 1.44. The molecular formula is C20H18N2O3. The van der Waals surface area contributed by atoms with Crippen LogP contribution < -0.4 is 25.7 Å². The summed E-state index contributed by atoms with van der Waals surface area (Å²) in [7, 11) is 3.14. The van der Waals surface area contributed by atoms with Crippen molar-refractivity contribution in [1.29, 1.82) is 0 Å². The van der Waals surface area contributed by atoms with Gasteiger partial charge in [0, 0.05) is 0 Å². The molecule has 0 amide bonds. The highest BCUT2D eigenvalue weighted by atomic mass is 16.5. The zero-order valence-corrected chi connectivity index (χ0v) is 14.0. The Morgan fingerprint density at radius 2 is 1.56 bits per heavy atom. The molecule has 0 aliphatic heterocycles. The van der Waals surface area contributed by atoms with Gasteiger partial charge in [-0.2, -0.15) is 0 Å². The minimum atomic E-state index is -0.274. The maximum Gasteiger partial charge on any atom is 0.274 e. The lowest BCUT2D eigenvalue weighted by Crippen LogP contribution is -2.37. The molecule has 5 nitrogen and oxygen atoms in total. The van der Waals surface area contributed by atoms with Crippen molar-refractivity contribution in [2.75, 3.05) is 14.2 Å². The van der Waals surface area contributed by atoms with Gasteiger partial charge in [0.25, 0.3) is 5.56 Å². The first-order valence-corrected chi connectivity index (χ1v) is 7.76. The molecule has 3 rings (SSSR count). The van der Waals surface area contributed by atoms with E-state index in [9.17, 15) is 4.79 Å². The van der Waals surface area contributed by atoms with Crippen LogP contribution in [0.2, 0.25) is 0 Å². The number of hydrogen-bond donors (Lipinski definition) is 1. The van der Waals surface area contributed by atoms with Gasteiger partial charge in [0.2, 0.25) is 5.88 Å². The molecule has 0 saturated carbocycles. The lowest BCUT2D eigenvalue weighted by atomic mass is 10.2. The molecule has 0 unspecified atom stereocenters. The van der Waals surface area contributed by atoms with Crippen molar-refractivity contribution in [3.8, 4) is 11.6 Å². The van der Waals surface area contributed by atoms with E-state index in [4.69, 9.17) is 9.47 Å². The number of hydrogen-bond acceptors (Lipinski definition) is 4. The Hall–Kier alpha value is -3.34. The quantitative estimate of drug-likeness (QED) is 0.784. The van der Waals surface area contributed by atoms with E-state index in [2.05, 4.69) is 9.97 Å². The molecule has 0 spiro atoms. The summed E-state index contributed by atoms with van der Waals surface area (Å²) in [5.74, 6) is 1.13. The van der Waals surface area contributed by atoms with Crippen molar-refractivity contribution in [2.24, 2.45) is 0 Å². The fourth-order valence-corrected chi connectivity index (χ4v) is 2.39. The third kappa shape index (κ3) is 3.95. The Morgan fingerprint density at radius 3 is 2.20 bits per heavy atom. The Morgan fingerprint density at radius 1 is 0.880 bits per heavy atom. The topological polar surface area (TPSA) is 64.2 Å². The van der Waals surface area contributed by atoms with E-state index < -0.39 is 0 Å². The standard InChI is InChI=1S/C20H18N2O3/c1-24-16-10-8-15(9-11-16)13-18-20(25-2)22-17(19(23)21-18)12-14-6-4-3-5-7-14/h3-13H,1-2H3,(H,21,23)/b17-12-,18-13-. The van der Waals surface area contributed by atoms with E-state index in [1.165, 1.54) is 7.11 Å². The van der Waals surface area contributed by atoms with Crippen LogP contribution in [0, 0.1) is 0 Å². The van der Waals surface area contributed by atoms with E-state index in [0.29, 0.717) is 16.6 Å². The summed E-state index contributed by atoms with van der Waals surface area (Å²) < 4.78 is 10.5. The fourth-order valence-electron chi connectivity index (χ4n) is 2.39. The molecule has 0 saturated heterocycles.